The molecule has 8 rings (SSSR count). The van der Waals surface area contributed by atoms with E-state index in [-0.39, 0.29) is 12.5 Å². The van der Waals surface area contributed by atoms with Crippen LogP contribution < -0.4 is 19.0 Å². The predicted molar refractivity (Wildman–Crippen MR) is 193 cm³/mol. The monoisotopic (exact) mass is 597 g/mol. The molecule has 0 N–H and O–H groups in total. The lowest BCUT2D eigenvalue weighted by Crippen LogP contribution is -2.55. The average molecular weight is 598 g/mol. The van der Waals surface area contributed by atoms with Crippen LogP contribution in [0.2, 0.25) is 0 Å². The largest absolute Gasteiger partial charge is 0.643 e. The summed E-state index contributed by atoms with van der Waals surface area (Å²) in [5.74, 6) is 1.16. The lowest BCUT2D eigenvalue weighted by molar-refractivity contribution is -0.658. The van der Waals surface area contributed by atoms with E-state index in [0.717, 1.165) is 5.82 Å². The number of hydrogen-bond acceptors (Lipinski definition) is 3. The number of hydrogen-bond donors (Lipinski definition) is 0. The van der Waals surface area contributed by atoms with Gasteiger partial charge in [0.2, 0.25) is 0 Å². The molecule has 3 heterocycles. The summed E-state index contributed by atoms with van der Waals surface area (Å²) in [7, 11) is 2.00. The molecule has 0 spiro atoms. The van der Waals surface area contributed by atoms with E-state index in [2.05, 4.69) is 193 Å². The average Bonchev–Trinajstić information content (AvgIpc) is 3.58. The number of rotatable bonds is 4. The Labute approximate surface area is 272 Å². The van der Waals surface area contributed by atoms with Gasteiger partial charge in [0, 0.05) is 22.9 Å². The summed E-state index contributed by atoms with van der Waals surface area (Å²) in [4.78, 5) is 7.69. The number of nitrogens with zero attached hydrogens (tertiary/aromatic N) is 4. The number of benzene rings is 5. The molecule has 5 heteroatoms. The SMILES string of the molecule is Cc1cccc2c1N(c1cc(C(C)(C)C)cc[n+]1C)B1N2c2ccccc2N1c1c(-c2ccccc2)cccc1-c1ccccc1. The highest BCUT2D eigenvalue weighted by atomic mass is 15.5. The van der Waals surface area contributed by atoms with Crippen LogP contribution in [0.15, 0.2) is 140 Å². The quantitative estimate of drug-likeness (QED) is 0.148. The third kappa shape index (κ3) is 4.33. The van der Waals surface area contributed by atoms with Gasteiger partial charge in [-0.25, -0.2) is 9.38 Å². The van der Waals surface area contributed by atoms with Crippen LogP contribution in [0.3, 0.4) is 0 Å². The van der Waals surface area contributed by atoms with E-state index in [1.54, 1.807) is 0 Å². The fourth-order valence-electron chi connectivity index (χ4n) is 7.22. The van der Waals surface area contributed by atoms with Gasteiger partial charge in [0.15, 0.2) is 0 Å². The molecule has 5 aromatic carbocycles. The molecule has 46 heavy (non-hydrogen) atoms. The molecule has 224 valence electrons. The van der Waals surface area contributed by atoms with Gasteiger partial charge < -0.3 is 9.62 Å². The highest BCUT2D eigenvalue weighted by molar-refractivity contribution is 6.80. The number of aryl methyl sites for hydroxylation is 2. The Morgan fingerprint density at radius 2 is 1.09 bits per heavy atom. The van der Waals surface area contributed by atoms with Crippen molar-refractivity contribution in [3.05, 3.63) is 151 Å². The first-order valence-electron chi connectivity index (χ1n) is 16.1. The summed E-state index contributed by atoms with van der Waals surface area (Å²) in [5, 5.41) is 0. The summed E-state index contributed by atoms with van der Waals surface area (Å²) in [6, 6.07) is 48.7. The van der Waals surface area contributed by atoms with Crippen molar-refractivity contribution in [3.8, 4) is 22.3 Å². The van der Waals surface area contributed by atoms with Crippen molar-refractivity contribution in [2.75, 3.05) is 14.4 Å². The van der Waals surface area contributed by atoms with Gasteiger partial charge in [-0.05, 0) is 58.9 Å². The van der Waals surface area contributed by atoms with E-state index in [1.165, 1.54) is 61.8 Å². The first kappa shape index (κ1) is 28.2. The number of para-hydroxylation sites is 4. The fourth-order valence-corrected chi connectivity index (χ4v) is 7.22. The molecule has 0 saturated carbocycles. The Kier molecular flexibility index (Phi) is 6.54. The Bertz CT molecular complexity index is 2030. The van der Waals surface area contributed by atoms with E-state index in [1.807, 2.05) is 0 Å². The maximum Gasteiger partial charge on any atom is 0.643 e. The van der Waals surface area contributed by atoms with E-state index in [0.29, 0.717) is 0 Å². The first-order valence-corrected chi connectivity index (χ1v) is 16.1. The van der Waals surface area contributed by atoms with E-state index >= 15 is 0 Å². The number of aromatic nitrogens is 1. The third-order valence-corrected chi connectivity index (χ3v) is 9.49. The molecule has 0 saturated heterocycles. The van der Waals surface area contributed by atoms with Gasteiger partial charge in [-0.2, -0.15) is 0 Å². The predicted octanol–water partition coefficient (Wildman–Crippen LogP) is 9.88. The van der Waals surface area contributed by atoms with Crippen molar-refractivity contribution in [2.45, 2.75) is 33.1 Å². The Morgan fingerprint density at radius 3 is 1.70 bits per heavy atom. The van der Waals surface area contributed by atoms with Crippen LogP contribution in [0.5, 0.6) is 0 Å². The van der Waals surface area contributed by atoms with Crippen LogP contribution in [0.4, 0.5) is 34.3 Å². The van der Waals surface area contributed by atoms with Crippen LogP contribution in [0.1, 0.15) is 31.9 Å². The number of fused-ring (bicyclic) bond motifs is 5. The molecule has 0 unspecified atom stereocenters. The molecule has 2 aliphatic heterocycles. The van der Waals surface area contributed by atoms with Gasteiger partial charge in [0.25, 0.3) is 5.82 Å². The van der Waals surface area contributed by atoms with Crippen LogP contribution in [-0.2, 0) is 12.5 Å². The molecule has 0 aliphatic carbocycles. The van der Waals surface area contributed by atoms with E-state index < -0.39 is 0 Å². The summed E-state index contributed by atoms with van der Waals surface area (Å²) in [6.45, 7) is 9.12. The Morgan fingerprint density at radius 1 is 0.543 bits per heavy atom. The molecule has 4 nitrogen and oxygen atoms in total. The molecular weight excluding hydrogens is 559 g/mol. The molecule has 0 fully saturated rings. The summed E-state index contributed by atoms with van der Waals surface area (Å²) in [5.41, 5.74) is 13.5. The zero-order valence-corrected chi connectivity index (χ0v) is 27.1. The maximum atomic E-state index is 2.59. The zero-order chi connectivity index (χ0) is 31.6. The first-order chi connectivity index (χ1) is 22.3. The smallest absolute Gasteiger partial charge is 0.319 e. The molecule has 6 aromatic rings. The molecule has 0 amide bonds. The minimum atomic E-state index is -0.165. The van der Waals surface area contributed by atoms with E-state index in [9.17, 15) is 0 Å². The van der Waals surface area contributed by atoms with Crippen molar-refractivity contribution in [1.29, 1.82) is 0 Å². The highest BCUT2D eigenvalue weighted by Gasteiger charge is 2.61. The molecule has 2 aliphatic rings. The highest BCUT2D eigenvalue weighted by Crippen LogP contribution is 2.58. The van der Waals surface area contributed by atoms with Crippen LogP contribution in [0, 0.1) is 6.92 Å². The summed E-state index contributed by atoms with van der Waals surface area (Å²) >= 11 is 0. The van der Waals surface area contributed by atoms with Crippen molar-refractivity contribution in [1.82, 2.24) is 0 Å². The second-order valence-electron chi connectivity index (χ2n) is 13.5. The van der Waals surface area contributed by atoms with Crippen molar-refractivity contribution < 1.29 is 4.57 Å². The summed E-state index contributed by atoms with van der Waals surface area (Å²) in [6.07, 6.45) is 2.22. The van der Waals surface area contributed by atoms with Gasteiger partial charge in [0.1, 0.15) is 5.69 Å². The lowest BCUT2D eigenvalue weighted by atomic mass is 9.82. The maximum absolute atomic E-state index is 2.59. The van der Waals surface area contributed by atoms with Crippen molar-refractivity contribution in [2.24, 2.45) is 7.05 Å². The number of pyridine rings is 1. The van der Waals surface area contributed by atoms with Gasteiger partial charge >= 0.3 is 7.12 Å². The lowest BCUT2D eigenvalue weighted by Gasteiger charge is -2.31. The molecule has 1 aromatic heterocycles. The van der Waals surface area contributed by atoms with E-state index in [4.69, 9.17) is 0 Å². The Balaban J connectivity index is 1.47. The zero-order valence-electron chi connectivity index (χ0n) is 27.1. The third-order valence-electron chi connectivity index (χ3n) is 9.49. The van der Waals surface area contributed by atoms with Crippen LogP contribution >= 0.6 is 0 Å². The van der Waals surface area contributed by atoms with Gasteiger partial charge in [-0.3, -0.25) is 0 Å². The molecule has 0 radical (unpaired) electrons. The molecule has 0 bridgehead atoms. The van der Waals surface area contributed by atoms with Gasteiger partial charge in [-0.1, -0.05) is 124 Å². The topological polar surface area (TPSA) is 13.6 Å². The van der Waals surface area contributed by atoms with Crippen molar-refractivity contribution >= 4 is 41.4 Å². The second kappa shape index (κ2) is 10.7. The number of anilines is 6. The molecule has 0 atom stereocenters. The van der Waals surface area contributed by atoms with Gasteiger partial charge in [-0.15, -0.1) is 0 Å². The fraction of sp³-hybridized carbons (Fsp3) is 0.146. The Hall–Kier alpha value is -5.29. The minimum absolute atomic E-state index is 0.00962. The van der Waals surface area contributed by atoms with Crippen LogP contribution in [-0.4, -0.2) is 7.12 Å². The summed E-state index contributed by atoms with van der Waals surface area (Å²) < 4.78 is 2.28. The second-order valence-corrected chi connectivity index (χ2v) is 13.5. The standard InChI is InChI=1S/C41H38BN4/c1-29-16-14-25-37-39(29)46(38-28-32(41(2,3)4)26-27-43(38)5)42-44(37)35-23-12-13-24-36(35)45(42)40-33(30-17-8-6-9-18-30)21-15-22-34(40)31-19-10-7-11-20-31/h6-28H,1-5H3/q+1. The molecular formula is C41H38BN4+. The van der Waals surface area contributed by atoms with Crippen molar-refractivity contribution in [3.63, 3.8) is 0 Å². The van der Waals surface area contributed by atoms with Crippen LogP contribution in [0.25, 0.3) is 22.3 Å². The minimum Gasteiger partial charge on any atom is -0.319 e. The normalized spacial score (nSPS) is 13.6. The van der Waals surface area contributed by atoms with Gasteiger partial charge in [0.05, 0.1) is 30.3 Å².